The Hall–Kier alpha value is -2.80. The average molecular weight is 545 g/mol. The van der Waals surface area contributed by atoms with Crippen molar-refractivity contribution < 1.29 is 9.53 Å². The molecule has 0 saturated heterocycles. The molecule has 4 rings (SSSR count). The van der Waals surface area contributed by atoms with Crippen molar-refractivity contribution in [1.82, 2.24) is 9.78 Å². The second kappa shape index (κ2) is 10.4. The average Bonchev–Trinajstić information content (AvgIpc) is 3.15. The smallest absolute Gasteiger partial charge is 0.256 e. The number of nitrogens with zero attached hydrogens (tertiary/aromatic N) is 2. The minimum Gasteiger partial charge on any atom is -0.487 e. The van der Waals surface area contributed by atoms with Gasteiger partial charge in [0.15, 0.2) is 5.82 Å². The highest BCUT2D eigenvalue weighted by Gasteiger charge is 2.13. The summed E-state index contributed by atoms with van der Waals surface area (Å²) < 4.78 is 8.26. The van der Waals surface area contributed by atoms with Gasteiger partial charge >= 0.3 is 0 Å². The van der Waals surface area contributed by atoms with Gasteiger partial charge in [0, 0.05) is 11.8 Å². The van der Waals surface area contributed by atoms with Crippen LogP contribution in [0.2, 0.25) is 10.0 Å². The van der Waals surface area contributed by atoms with E-state index in [4.69, 9.17) is 27.9 Å². The molecule has 0 saturated carbocycles. The molecule has 0 aliphatic heterocycles. The highest BCUT2D eigenvalue weighted by Crippen LogP contribution is 2.32. The van der Waals surface area contributed by atoms with Gasteiger partial charge in [-0.15, -0.1) is 0 Å². The standard InChI is InChI=1S/C25H20BrCl2N3O2/c1-16-8-10-17(11-9-16)13-31-14-20(26)24(30-31)29-25(32)19-5-2-4-18(12-19)15-33-22-7-3-6-21(27)23(22)28/h2-12,14H,13,15H2,1H3,(H,29,30,32). The van der Waals surface area contributed by atoms with Crippen molar-refractivity contribution >= 4 is 50.9 Å². The normalized spacial score (nSPS) is 10.8. The van der Waals surface area contributed by atoms with Crippen LogP contribution in [0.25, 0.3) is 0 Å². The van der Waals surface area contributed by atoms with Gasteiger partial charge in [-0.05, 0) is 58.2 Å². The summed E-state index contributed by atoms with van der Waals surface area (Å²) in [6, 6.07) is 20.6. The number of amides is 1. The molecule has 1 amide bonds. The predicted octanol–water partition coefficient (Wildman–Crippen LogP) is 7.14. The molecule has 8 heteroatoms. The van der Waals surface area contributed by atoms with Crippen LogP contribution in [0.1, 0.15) is 27.0 Å². The minimum absolute atomic E-state index is 0.246. The third-order valence-corrected chi connectivity index (χ3v) is 6.30. The Labute approximate surface area is 210 Å². The lowest BCUT2D eigenvalue weighted by Crippen LogP contribution is -2.13. The number of anilines is 1. The summed E-state index contributed by atoms with van der Waals surface area (Å²) in [6.07, 6.45) is 1.84. The Bertz CT molecular complexity index is 1290. The van der Waals surface area contributed by atoms with Crippen LogP contribution in [0.5, 0.6) is 5.75 Å². The second-order valence-electron chi connectivity index (χ2n) is 7.50. The largest absolute Gasteiger partial charge is 0.487 e. The lowest BCUT2D eigenvalue weighted by Gasteiger charge is -2.10. The van der Waals surface area contributed by atoms with Crippen LogP contribution in [0.3, 0.4) is 0 Å². The van der Waals surface area contributed by atoms with E-state index in [1.807, 2.05) is 12.3 Å². The lowest BCUT2D eigenvalue weighted by molar-refractivity contribution is 0.102. The first-order valence-corrected chi connectivity index (χ1v) is 11.7. The van der Waals surface area contributed by atoms with Gasteiger partial charge in [0.05, 0.1) is 16.0 Å². The molecule has 5 nitrogen and oxygen atoms in total. The topological polar surface area (TPSA) is 56.2 Å². The molecule has 0 atom stereocenters. The molecule has 1 aromatic heterocycles. The van der Waals surface area contributed by atoms with Crippen LogP contribution in [-0.4, -0.2) is 15.7 Å². The molecule has 1 heterocycles. The first-order chi connectivity index (χ1) is 15.9. The number of nitrogens with one attached hydrogen (secondary N) is 1. The molecule has 4 aromatic rings. The molecule has 0 spiro atoms. The third kappa shape index (κ3) is 5.96. The maximum atomic E-state index is 12.8. The fraction of sp³-hybridized carbons (Fsp3) is 0.120. The molecule has 0 fully saturated rings. The van der Waals surface area contributed by atoms with Gasteiger partial charge in [0.25, 0.3) is 5.91 Å². The summed E-state index contributed by atoms with van der Waals surface area (Å²) >= 11 is 15.7. The Morgan fingerprint density at radius 1 is 1.06 bits per heavy atom. The van der Waals surface area contributed by atoms with E-state index in [2.05, 4.69) is 57.5 Å². The van der Waals surface area contributed by atoms with Gasteiger partial charge < -0.3 is 10.1 Å². The van der Waals surface area contributed by atoms with E-state index in [1.165, 1.54) is 5.56 Å². The van der Waals surface area contributed by atoms with Gasteiger partial charge in [-0.3, -0.25) is 9.48 Å². The van der Waals surface area contributed by atoms with E-state index in [-0.39, 0.29) is 12.5 Å². The van der Waals surface area contributed by atoms with Gasteiger partial charge in [0.2, 0.25) is 0 Å². The zero-order chi connectivity index (χ0) is 23.4. The number of halogens is 3. The fourth-order valence-corrected chi connectivity index (χ4v) is 3.94. The van der Waals surface area contributed by atoms with Crippen LogP contribution in [0.15, 0.2) is 77.4 Å². The van der Waals surface area contributed by atoms with Crippen molar-refractivity contribution in [3.8, 4) is 5.75 Å². The fourth-order valence-electron chi connectivity index (χ4n) is 3.18. The summed E-state index contributed by atoms with van der Waals surface area (Å²) in [6.45, 7) is 2.90. The van der Waals surface area contributed by atoms with E-state index in [0.29, 0.717) is 38.2 Å². The van der Waals surface area contributed by atoms with Crippen molar-refractivity contribution in [1.29, 1.82) is 0 Å². The van der Waals surface area contributed by atoms with E-state index in [9.17, 15) is 4.79 Å². The Kier molecular flexibility index (Phi) is 7.38. The first kappa shape index (κ1) is 23.4. The molecule has 0 unspecified atom stereocenters. The third-order valence-electron chi connectivity index (χ3n) is 4.91. The maximum Gasteiger partial charge on any atom is 0.256 e. The lowest BCUT2D eigenvalue weighted by atomic mass is 10.1. The van der Waals surface area contributed by atoms with Crippen molar-refractivity contribution in [3.63, 3.8) is 0 Å². The minimum atomic E-state index is -0.265. The number of aromatic nitrogens is 2. The zero-order valence-corrected chi connectivity index (χ0v) is 20.8. The number of aryl methyl sites for hydroxylation is 1. The van der Waals surface area contributed by atoms with Crippen molar-refractivity contribution in [2.24, 2.45) is 0 Å². The summed E-state index contributed by atoms with van der Waals surface area (Å²) in [7, 11) is 0. The molecule has 0 bridgehead atoms. The van der Waals surface area contributed by atoms with E-state index in [0.717, 1.165) is 11.1 Å². The van der Waals surface area contributed by atoms with E-state index < -0.39 is 0 Å². The zero-order valence-electron chi connectivity index (χ0n) is 17.7. The highest BCUT2D eigenvalue weighted by molar-refractivity contribution is 9.10. The molecule has 168 valence electrons. The number of carbonyl (C=O) groups excluding carboxylic acids is 1. The van der Waals surface area contributed by atoms with Crippen molar-refractivity contribution in [2.75, 3.05) is 5.32 Å². The Morgan fingerprint density at radius 2 is 1.82 bits per heavy atom. The van der Waals surface area contributed by atoms with Gasteiger partial charge in [-0.1, -0.05) is 71.2 Å². The number of ether oxygens (including phenoxy) is 1. The summed E-state index contributed by atoms with van der Waals surface area (Å²) in [5.41, 5.74) is 3.65. The van der Waals surface area contributed by atoms with Gasteiger partial charge in [0.1, 0.15) is 17.4 Å². The van der Waals surface area contributed by atoms with Crippen LogP contribution >= 0.6 is 39.1 Å². The molecule has 3 aromatic carbocycles. The summed E-state index contributed by atoms with van der Waals surface area (Å²) in [5.74, 6) is 0.681. The van der Waals surface area contributed by atoms with Crippen LogP contribution in [0, 0.1) is 6.92 Å². The predicted molar refractivity (Wildman–Crippen MR) is 135 cm³/mol. The number of hydrogen-bond donors (Lipinski definition) is 1. The summed E-state index contributed by atoms with van der Waals surface area (Å²) in [4.78, 5) is 12.8. The molecular weight excluding hydrogens is 525 g/mol. The van der Waals surface area contributed by atoms with Gasteiger partial charge in [-0.2, -0.15) is 5.10 Å². The quantitative estimate of drug-likeness (QED) is 0.269. The van der Waals surface area contributed by atoms with E-state index in [1.54, 1.807) is 41.1 Å². The number of benzene rings is 3. The number of hydrogen-bond acceptors (Lipinski definition) is 3. The van der Waals surface area contributed by atoms with Crippen molar-refractivity contribution in [2.45, 2.75) is 20.1 Å². The maximum absolute atomic E-state index is 12.8. The molecule has 33 heavy (non-hydrogen) atoms. The SMILES string of the molecule is Cc1ccc(Cn2cc(Br)c(NC(=O)c3cccc(COc4cccc(Cl)c4Cl)c3)n2)cc1. The molecule has 0 aliphatic carbocycles. The monoisotopic (exact) mass is 543 g/mol. The summed E-state index contributed by atoms with van der Waals surface area (Å²) in [5, 5.41) is 8.14. The van der Waals surface area contributed by atoms with Crippen LogP contribution in [-0.2, 0) is 13.2 Å². The van der Waals surface area contributed by atoms with Crippen LogP contribution < -0.4 is 10.1 Å². The first-order valence-electron chi connectivity index (χ1n) is 10.1. The highest BCUT2D eigenvalue weighted by atomic mass is 79.9. The molecule has 1 N–H and O–H groups in total. The Morgan fingerprint density at radius 3 is 2.61 bits per heavy atom. The number of rotatable bonds is 7. The Balaban J connectivity index is 1.42. The second-order valence-corrected chi connectivity index (χ2v) is 9.14. The van der Waals surface area contributed by atoms with Crippen LogP contribution in [0.4, 0.5) is 5.82 Å². The van der Waals surface area contributed by atoms with E-state index >= 15 is 0 Å². The van der Waals surface area contributed by atoms with Crippen molar-refractivity contribution in [3.05, 3.63) is 110 Å². The molecular formula is C25H20BrCl2N3O2. The van der Waals surface area contributed by atoms with Gasteiger partial charge in [-0.25, -0.2) is 0 Å². The molecule has 0 radical (unpaired) electrons. The molecule has 0 aliphatic rings. The number of carbonyl (C=O) groups is 1.